The van der Waals surface area contributed by atoms with Crippen LogP contribution in [0, 0.1) is 17.6 Å². The summed E-state index contributed by atoms with van der Waals surface area (Å²) in [6, 6.07) is 14.1. The Morgan fingerprint density at radius 2 is 1.51 bits per heavy atom. The van der Waals surface area contributed by atoms with Crippen LogP contribution in [0.2, 0.25) is 0 Å². The molecule has 0 aliphatic rings. The van der Waals surface area contributed by atoms with Gasteiger partial charge in [0.25, 0.3) is 0 Å². The van der Waals surface area contributed by atoms with Crippen molar-refractivity contribution in [1.29, 1.82) is 0 Å². The van der Waals surface area contributed by atoms with Crippen LogP contribution in [0.25, 0.3) is 0 Å². The van der Waals surface area contributed by atoms with Crippen molar-refractivity contribution in [2.75, 3.05) is 19.6 Å². The molecule has 1 atom stereocenters. The van der Waals surface area contributed by atoms with Crippen molar-refractivity contribution >= 4 is 26.6 Å². The van der Waals surface area contributed by atoms with Gasteiger partial charge in [-0.15, -0.1) is 0 Å². The summed E-state index contributed by atoms with van der Waals surface area (Å²) in [5, 5.41) is 7.02. The van der Waals surface area contributed by atoms with E-state index in [0.29, 0.717) is 12.0 Å². The zero-order valence-corrected chi connectivity index (χ0v) is 25.7. The Hall–Kier alpha value is -1.58. The minimum absolute atomic E-state index is 0.255. The van der Waals surface area contributed by atoms with Gasteiger partial charge in [-0.25, -0.2) is 13.6 Å². The van der Waals surface area contributed by atoms with Crippen molar-refractivity contribution in [2.45, 2.75) is 85.8 Å². The predicted molar refractivity (Wildman–Crippen MR) is 160 cm³/mol. The molecule has 210 valence electrons. The maximum atomic E-state index is 12.4. The third-order valence-electron chi connectivity index (χ3n) is 5.19. The first-order valence-corrected chi connectivity index (χ1v) is 14.3. The average Bonchev–Trinajstić information content (AvgIpc) is 2.80. The molecule has 37 heavy (non-hydrogen) atoms. The molecule has 2 aromatic rings. The van der Waals surface area contributed by atoms with Crippen molar-refractivity contribution in [3.05, 3.63) is 71.3 Å². The van der Waals surface area contributed by atoms with Crippen molar-refractivity contribution < 1.29 is 18.3 Å². The Balaban J connectivity index is 0.000000600. The topological polar surface area (TPSA) is 50.4 Å². The third kappa shape index (κ3) is 23.3. The zero-order valence-electron chi connectivity index (χ0n) is 23.5. The first kappa shape index (κ1) is 35.4. The Labute approximate surface area is 237 Å². The van der Waals surface area contributed by atoms with Crippen LogP contribution >= 0.6 is 22.6 Å². The van der Waals surface area contributed by atoms with Gasteiger partial charge >= 0.3 is 3.98 Å². The molecule has 0 aromatic heterocycles. The van der Waals surface area contributed by atoms with E-state index < -0.39 is 11.6 Å². The summed E-state index contributed by atoms with van der Waals surface area (Å²) >= 11 is 1.61. The summed E-state index contributed by atoms with van der Waals surface area (Å²) in [6.07, 6.45) is 5.85. The normalized spacial score (nSPS) is 11.5. The predicted octanol–water partition coefficient (Wildman–Crippen LogP) is 8.47. The molecule has 0 radical (unpaired) electrons. The number of carbonyl (C=O) groups is 1. The zero-order chi connectivity index (χ0) is 28.1. The van der Waals surface area contributed by atoms with Gasteiger partial charge in [0.05, 0.1) is 22.6 Å². The molecule has 0 bridgehead atoms. The van der Waals surface area contributed by atoms with Gasteiger partial charge in [0.15, 0.2) is 0 Å². The highest BCUT2D eigenvalue weighted by atomic mass is 127. The van der Waals surface area contributed by atoms with Gasteiger partial charge in [0.1, 0.15) is 17.2 Å². The largest absolute Gasteiger partial charge is 0.452 e. The Kier molecular flexibility index (Phi) is 20.5. The van der Waals surface area contributed by atoms with Gasteiger partial charge in [0, 0.05) is 12.6 Å². The van der Waals surface area contributed by atoms with Crippen LogP contribution < -0.4 is 10.6 Å². The van der Waals surface area contributed by atoms with E-state index >= 15 is 0 Å². The lowest BCUT2D eigenvalue weighted by Crippen LogP contribution is -2.23. The van der Waals surface area contributed by atoms with Gasteiger partial charge in [-0.1, -0.05) is 63.9 Å². The summed E-state index contributed by atoms with van der Waals surface area (Å²) in [7, 11) is 0. The molecule has 0 aliphatic heterocycles. The van der Waals surface area contributed by atoms with E-state index in [1.165, 1.54) is 49.9 Å². The van der Waals surface area contributed by atoms with E-state index in [9.17, 15) is 13.6 Å². The standard InChI is InChI=1S/C17H30N2.C8H8F2.C5H9IO2/c1-3-8-16(2)11-14-18-12-7-13-19-15-17-9-5-4-6-10-17;1-2-6-3-7(9)5-8(10)4-6;1-5(2,3)8-4(6)7/h4-6,9-10,16,18-19H,3,7-8,11-15H2,1-2H3;3-5H,2H2,1H3;1-3H3. The van der Waals surface area contributed by atoms with E-state index in [0.717, 1.165) is 31.6 Å². The van der Waals surface area contributed by atoms with Gasteiger partial charge in [-0.3, -0.25) is 0 Å². The molecule has 2 N–H and O–H groups in total. The number of aryl methyl sites for hydroxylation is 1. The molecule has 2 aromatic carbocycles. The van der Waals surface area contributed by atoms with Crippen molar-refractivity contribution in [2.24, 2.45) is 5.92 Å². The fourth-order valence-electron chi connectivity index (χ4n) is 3.33. The van der Waals surface area contributed by atoms with Crippen LogP contribution in [-0.4, -0.2) is 29.2 Å². The lowest BCUT2D eigenvalue weighted by Gasteiger charge is -2.16. The summed E-state index contributed by atoms with van der Waals surface area (Å²) in [6.45, 7) is 16.3. The summed E-state index contributed by atoms with van der Waals surface area (Å²) in [4.78, 5) is 10.2. The first-order valence-electron chi connectivity index (χ1n) is 13.3. The van der Waals surface area contributed by atoms with Gasteiger partial charge in [-0.05, 0) is 88.8 Å². The SMILES string of the molecule is CC(C)(C)OC(=O)I.CCCC(C)CCNCCCNCc1ccccc1.CCc1cc(F)cc(F)c1. The quantitative estimate of drug-likeness (QED) is 0.140. The minimum Gasteiger partial charge on any atom is -0.452 e. The van der Waals surface area contributed by atoms with E-state index in [4.69, 9.17) is 4.74 Å². The Bertz CT molecular complexity index is 825. The molecule has 0 heterocycles. The van der Waals surface area contributed by atoms with E-state index in [-0.39, 0.29) is 9.58 Å². The Morgan fingerprint density at radius 1 is 0.919 bits per heavy atom. The highest BCUT2D eigenvalue weighted by Gasteiger charge is 2.12. The number of hydrogen-bond donors (Lipinski definition) is 2. The highest BCUT2D eigenvalue weighted by molar-refractivity contribution is 14.1. The molecule has 0 aliphatic carbocycles. The molecule has 4 nitrogen and oxygen atoms in total. The summed E-state index contributed by atoms with van der Waals surface area (Å²) in [5.41, 5.74) is 1.72. The molecule has 0 fully saturated rings. The van der Waals surface area contributed by atoms with Crippen LogP contribution in [0.1, 0.15) is 78.4 Å². The Morgan fingerprint density at radius 3 is 2.00 bits per heavy atom. The molecule has 0 spiro atoms. The number of carbonyl (C=O) groups excluding carboxylic acids is 1. The lowest BCUT2D eigenvalue weighted by atomic mass is 10.0. The summed E-state index contributed by atoms with van der Waals surface area (Å²) in [5.74, 6) is -0.137. The first-order chi connectivity index (χ1) is 17.5. The van der Waals surface area contributed by atoms with E-state index in [1.54, 1.807) is 22.6 Å². The lowest BCUT2D eigenvalue weighted by molar-refractivity contribution is 0.0766. The smallest absolute Gasteiger partial charge is 0.367 e. The van der Waals surface area contributed by atoms with Gasteiger partial charge < -0.3 is 15.4 Å². The van der Waals surface area contributed by atoms with Crippen molar-refractivity contribution in [3.8, 4) is 0 Å². The second-order valence-corrected chi connectivity index (χ2v) is 10.9. The molecular formula is C30H47F2IN2O2. The van der Waals surface area contributed by atoms with Crippen LogP contribution in [0.3, 0.4) is 0 Å². The third-order valence-corrected chi connectivity index (χ3v) is 5.41. The fourth-order valence-corrected chi connectivity index (χ4v) is 3.99. The van der Waals surface area contributed by atoms with Gasteiger partial charge in [-0.2, -0.15) is 0 Å². The molecule has 1 unspecified atom stereocenters. The number of nitrogens with one attached hydrogen (secondary N) is 2. The number of benzene rings is 2. The summed E-state index contributed by atoms with van der Waals surface area (Å²) < 4.78 is 29.3. The van der Waals surface area contributed by atoms with Crippen LogP contribution in [0.4, 0.5) is 13.6 Å². The second kappa shape index (κ2) is 21.4. The van der Waals surface area contributed by atoms with Crippen molar-refractivity contribution in [1.82, 2.24) is 10.6 Å². The number of halogens is 3. The van der Waals surface area contributed by atoms with E-state index in [2.05, 4.69) is 54.8 Å². The number of ether oxygens (including phenoxy) is 1. The number of hydrogen-bond acceptors (Lipinski definition) is 4. The van der Waals surface area contributed by atoms with Crippen LogP contribution in [0.5, 0.6) is 0 Å². The minimum atomic E-state index is -0.503. The molecule has 7 heteroatoms. The van der Waals surface area contributed by atoms with Crippen LogP contribution in [-0.2, 0) is 17.7 Å². The number of rotatable bonds is 12. The van der Waals surface area contributed by atoms with Crippen molar-refractivity contribution in [3.63, 3.8) is 0 Å². The average molecular weight is 633 g/mol. The monoisotopic (exact) mass is 632 g/mol. The maximum absolute atomic E-state index is 12.4. The highest BCUT2D eigenvalue weighted by Crippen LogP contribution is 2.10. The fraction of sp³-hybridized carbons (Fsp3) is 0.567. The molecule has 0 saturated heterocycles. The van der Waals surface area contributed by atoms with Crippen LogP contribution in [0.15, 0.2) is 48.5 Å². The van der Waals surface area contributed by atoms with E-state index in [1.807, 2.05) is 27.7 Å². The molecular weight excluding hydrogens is 585 g/mol. The maximum Gasteiger partial charge on any atom is 0.367 e. The molecule has 0 saturated carbocycles. The molecule has 0 amide bonds. The van der Waals surface area contributed by atoms with Gasteiger partial charge in [0.2, 0.25) is 0 Å². The molecule has 2 rings (SSSR count). The second-order valence-electron chi connectivity index (χ2n) is 10.0.